The summed E-state index contributed by atoms with van der Waals surface area (Å²) in [6.45, 7) is 2.32. The highest BCUT2D eigenvalue weighted by molar-refractivity contribution is 7.86. The second-order valence-corrected chi connectivity index (χ2v) is 7.86. The molecule has 2 fully saturated rings. The van der Waals surface area contributed by atoms with Crippen molar-refractivity contribution in [2.75, 3.05) is 20.2 Å². The normalized spacial score (nSPS) is 25.4. The topological polar surface area (TPSA) is 66.9 Å². The lowest BCUT2D eigenvalue weighted by molar-refractivity contribution is -0.141. The highest BCUT2D eigenvalue weighted by atomic mass is 32.2. The Balaban J connectivity index is 2.22. The summed E-state index contributed by atoms with van der Waals surface area (Å²) in [6, 6.07) is -0.0615. The summed E-state index contributed by atoms with van der Waals surface area (Å²) in [5.74, 6) is -0.491. The molecule has 6 nitrogen and oxygen atoms in total. The van der Waals surface area contributed by atoms with E-state index in [4.69, 9.17) is 0 Å². The van der Waals surface area contributed by atoms with Crippen LogP contribution in [0, 0.1) is 0 Å². The van der Waals surface area contributed by atoms with Crippen LogP contribution in [0.5, 0.6) is 0 Å². The SMILES string of the molecule is COC(=O)CN(C1CCCC1)S(=O)(=O)N1CCCCC1C. The van der Waals surface area contributed by atoms with E-state index in [1.807, 2.05) is 6.92 Å². The summed E-state index contributed by atoms with van der Waals surface area (Å²) in [5, 5.41) is 0. The quantitative estimate of drug-likeness (QED) is 0.721. The van der Waals surface area contributed by atoms with Crippen LogP contribution in [0.4, 0.5) is 0 Å². The summed E-state index contributed by atoms with van der Waals surface area (Å²) in [7, 11) is -2.30. The predicted molar refractivity (Wildman–Crippen MR) is 79.9 cm³/mol. The Morgan fingerprint density at radius 2 is 1.81 bits per heavy atom. The molecule has 1 atom stereocenters. The Hall–Kier alpha value is -0.660. The molecule has 0 radical (unpaired) electrons. The number of esters is 1. The monoisotopic (exact) mass is 318 g/mol. The minimum atomic E-state index is -3.60. The van der Waals surface area contributed by atoms with Gasteiger partial charge in [-0.25, -0.2) is 0 Å². The Morgan fingerprint density at radius 1 is 1.19 bits per heavy atom. The van der Waals surface area contributed by atoms with Crippen molar-refractivity contribution in [3.05, 3.63) is 0 Å². The van der Waals surface area contributed by atoms with Crippen molar-refractivity contribution in [2.24, 2.45) is 0 Å². The van der Waals surface area contributed by atoms with Crippen LogP contribution in [-0.2, 0) is 19.7 Å². The molecule has 1 saturated heterocycles. The fourth-order valence-corrected chi connectivity index (χ4v) is 5.38. The van der Waals surface area contributed by atoms with Crippen molar-refractivity contribution in [1.82, 2.24) is 8.61 Å². The molecule has 1 saturated carbocycles. The number of methoxy groups -OCH3 is 1. The zero-order valence-electron chi connectivity index (χ0n) is 13.0. The number of rotatable bonds is 5. The molecule has 7 heteroatoms. The third kappa shape index (κ3) is 3.76. The average molecular weight is 318 g/mol. The van der Waals surface area contributed by atoms with Gasteiger partial charge in [-0.3, -0.25) is 4.79 Å². The maximum absolute atomic E-state index is 13.0. The fraction of sp³-hybridized carbons (Fsp3) is 0.929. The van der Waals surface area contributed by atoms with E-state index in [0.717, 1.165) is 44.9 Å². The van der Waals surface area contributed by atoms with Gasteiger partial charge in [0.25, 0.3) is 10.2 Å². The van der Waals surface area contributed by atoms with Crippen molar-refractivity contribution in [2.45, 2.75) is 64.0 Å². The number of carbonyl (C=O) groups excluding carboxylic acids is 1. The number of nitrogens with zero attached hydrogens (tertiary/aromatic N) is 2. The standard InChI is InChI=1S/C14H26N2O4S/c1-12-7-5-6-10-15(12)21(18,19)16(11-14(17)20-2)13-8-3-4-9-13/h12-13H,3-11H2,1-2H3. The third-order valence-corrected chi connectivity index (χ3v) is 6.73. The lowest BCUT2D eigenvalue weighted by atomic mass is 10.1. The molecule has 21 heavy (non-hydrogen) atoms. The van der Waals surface area contributed by atoms with E-state index < -0.39 is 16.2 Å². The lowest BCUT2D eigenvalue weighted by Gasteiger charge is -2.38. The van der Waals surface area contributed by atoms with Crippen molar-refractivity contribution < 1.29 is 17.9 Å². The molecule has 2 rings (SSSR count). The zero-order chi connectivity index (χ0) is 15.5. The molecule has 0 spiro atoms. The zero-order valence-corrected chi connectivity index (χ0v) is 13.8. The van der Waals surface area contributed by atoms with Gasteiger partial charge in [0.1, 0.15) is 6.54 Å². The molecule has 1 aliphatic heterocycles. The molecule has 122 valence electrons. The number of carbonyl (C=O) groups is 1. The number of hydrogen-bond donors (Lipinski definition) is 0. The highest BCUT2D eigenvalue weighted by Gasteiger charge is 2.40. The van der Waals surface area contributed by atoms with Gasteiger partial charge in [0.15, 0.2) is 0 Å². The first kappa shape index (κ1) is 16.7. The van der Waals surface area contributed by atoms with E-state index in [0.29, 0.717) is 6.54 Å². The summed E-state index contributed by atoms with van der Waals surface area (Å²) in [4.78, 5) is 11.6. The van der Waals surface area contributed by atoms with E-state index in [9.17, 15) is 13.2 Å². The first-order chi connectivity index (χ1) is 9.96. The second kappa shape index (κ2) is 7.07. The largest absolute Gasteiger partial charge is 0.468 e. The van der Waals surface area contributed by atoms with Crippen LogP contribution in [0.3, 0.4) is 0 Å². The van der Waals surface area contributed by atoms with Gasteiger partial charge in [0.2, 0.25) is 0 Å². The maximum atomic E-state index is 13.0. The van der Waals surface area contributed by atoms with E-state index >= 15 is 0 Å². The summed E-state index contributed by atoms with van der Waals surface area (Å²) in [6.07, 6.45) is 6.54. The van der Waals surface area contributed by atoms with Crippen molar-refractivity contribution >= 4 is 16.2 Å². The minimum Gasteiger partial charge on any atom is -0.468 e. The van der Waals surface area contributed by atoms with Crippen LogP contribution >= 0.6 is 0 Å². The van der Waals surface area contributed by atoms with Gasteiger partial charge in [-0.1, -0.05) is 19.3 Å². The van der Waals surface area contributed by atoms with Crippen LogP contribution in [0.1, 0.15) is 51.9 Å². The smallest absolute Gasteiger partial charge is 0.321 e. The van der Waals surface area contributed by atoms with Crippen LogP contribution in [0.15, 0.2) is 0 Å². The van der Waals surface area contributed by atoms with Crippen LogP contribution in [0.25, 0.3) is 0 Å². The van der Waals surface area contributed by atoms with Gasteiger partial charge >= 0.3 is 5.97 Å². The maximum Gasteiger partial charge on any atom is 0.321 e. The molecule has 0 aromatic carbocycles. The van der Waals surface area contributed by atoms with Crippen molar-refractivity contribution in [3.63, 3.8) is 0 Å². The Bertz CT molecular complexity index is 460. The first-order valence-corrected chi connectivity index (χ1v) is 9.22. The molecule has 0 aromatic rings. The molecular formula is C14H26N2O4S. The Labute approximate surface area is 127 Å². The molecule has 0 bridgehead atoms. The molecule has 1 aliphatic carbocycles. The number of ether oxygens (including phenoxy) is 1. The summed E-state index contributed by atoms with van der Waals surface area (Å²) in [5.41, 5.74) is 0. The van der Waals surface area contributed by atoms with Crippen LogP contribution in [-0.4, -0.2) is 55.3 Å². The van der Waals surface area contributed by atoms with Gasteiger partial charge in [0.05, 0.1) is 7.11 Å². The third-order valence-electron chi connectivity index (χ3n) is 4.58. The van der Waals surface area contributed by atoms with Gasteiger partial charge in [-0.05, 0) is 32.6 Å². The molecular weight excluding hydrogens is 292 g/mol. The van der Waals surface area contributed by atoms with Gasteiger partial charge in [-0.15, -0.1) is 0 Å². The molecule has 1 heterocycles. The fourth-order valence-electron chi connectivity index (χ4n) is 3.33. The molecule has 0 amide bonds. The molecule has 0 N–H and O–H groups in total. The van der Waals surface area contributed by atoms with Crippen molar-refractivity contribution in [3.8, 4) is 0 Å². The Kier molecular flexibility index (Phi) is 5.62. The number of piperidine rings is 1. The summed E-state index contributed by atoms with van der Waals surface area (Å²) >= 11 is 0. The molecule has 0 aromatic heterocycles. The van der Waals surface area contributed by atoms with E-state index in [-0.39, 0.29) is 18.6 Å². The number of hydrogen-bond acceptors (Lipinski definition) is 4. The van der Waals surface area contributed by atoms with E-state index in [1.165, 1.54) is 11.4 Å². The average Bonchev–Trinajstić information content (AvgIpc) is 2.98. The van der Waals surface area contributed by atoms with Crippen LogP contribution in [0.2, 0.25) is 0 Å². The second-order valence-electron chi connectivity index (χ2n) is 6.02. The van der Waals surface area contributed by atoms with E-state index in [1.54, 1.807) is 4.31 Å². The Morgan fingerprint density at radius 3 is 2.38 bits per heavy atom. The van der Waals surface area contributed by atoms with Gasteiger partial charge in [-0.2, -0.15) is 17.0 Å². The van der Waals surface area contributed by atoms with Gasteiger partial charge in [0, 0.05) is 18.6 Å². The van der Waals surface area contributed by atoms with Gasteiger partial charge < -0.3 is 4.74 Å². The summed E-state index contributed by atoms with van der Waals surface area (Å²) < 4.78 is 33.6. The predicted octanol–water partition coefficient (Wildman–Crippen LogP) is 1.52. The molecule has 2 aliphatic rings. The minimum absolute atomic E-state index is 0.00491. The van der Waals surface area contributed by atoms with E-state index in [2.05, 4.69) is 4.74 Å². The first-order valence-electron chi connectivity index (χ1n) is 7.82. The van der Waals surface area contributed by atoms with Crippen molar-refractivity contribution in [1.29, 1.82) is 0 Å². The highest BCUT2D eigenvalue weighted by Crippen LogP contribution is 2.29. The molecule has 1 unspecified atom stereocenters. The van der Waals surface area contributed by atoms with Crippen LogP contribution < -0.4 is 0 Å². The lowest BCUT2D eigenvalue weighted by Crippen LogP contribution is -2.53.